The van der Waals surface area contributed by atoms with Crippen LogP contribution in [0.2, 0.25) is 0 Å². The molecule has 1 aliphatic rings. The summed E-state index contributed by atoms with van der Waals surface area (Å²) in [7, 11) is 0. The van der Waals surface area contributed by atoms with Crippen molar-refractivity contribution in [2.45, 2.75) is 71.6 Å². The molecule has 3 atom stereocenters. The Bertz CT molecular complexity index is 435. The van der Waals surface area contributed by atoms with Crippen LogP contribution in [0, 0.1) is 0 Å². The monoisotopic (exact) mass is 319 g/mol. The van der Waals surface area contributed by atoms with E-state index in [1.807, 2.05) is 0 Å². The van der Waals surface area contributed by atoms with Crippen LogP contribution in [0.1, 0.15) is 52.5 Å². The Morgan fingerprint density at radius 1 is 1.17 bits per heavy atom. The lowest BCUT2D eigenvalue weighted by atomic mass is 10.0. The van der Waals surface area contributed by atoms with Crippen molar-refractivity contribution in [3.63, 3.8) is 0 Å². The van der Waals surface area contributed by atoms with Crippen LogP contribution >= 0.6 is 0 Å². The van der Waals surface area contributed by atoms with E-state index in [-0.39, 0.29) is 0 Å². The summed E-state index contributed by atoms with van der Waals surface area (Å²) in [5, 5.41) is 0. The molecule has 0 radical (unpaired) electrons. The summed E-state index contributed by atoms with van der Waals surface area (Å²) >= 11 is 0. The number of hydrogen-bond donors (Lipinski definition) is 0. The van der Waals surface area contributed by atoms with Crippen LogP contribution in [0.15, 0.2) is 24.3 Å². The Morgan fingerprint density at radius 2 is 1.83 bits per heavy atom. The molecule has 0 aromatic heterocycles. The highest BCUT2D eigenvalue weighted by atomic mass is 16.5. The van der Waals surface area contributed by atoms with Crippen molar-refractivity contribution in [1.29, 1.82) is 0 Å². The SMILES string of the molecule is CCCCOc1ccc(CCC(C)N2CC(C)OC(C)C2)cc1. The summed E-state index contributed by atoms with van der Waals surface area (Å²) in [5.74, 6) is 0.992. The molecule has 2 rings (SSSR count). The smallest absolute Gasteiger partial charge is 0.119 e. The van der Waals surface area contributed by atoms with Gasteiger partial charge < -0.3 is 9.47 Å². The molecule has 1 heterocycles. The first-order chi connectivity index (χ1) is 11.1. The first kappa shape index (κ1) is 18.3. The molecule has 3 unspecified atom stereocenters. The van der Waals surface area contributed by atoms with Gasteiger partial charge in [-0.2, -0.15) is 0 Å². The molecule has 0 aliphatic carbocycles. The molecule has 1 fully saturated rings. The van der Waals surface area contributed by atoms with Gasteiger partial charge in [0.2, 0.25) is 0 Å². The molecule has 3 heteroatoms. The average Bonchev–Trinajstić information content (AvgIpc) is 2.53. The molecule has 1 aliphatic heterocycles. The Morgan fingerprint density at radius 3 is 2.43 bits per heavy atom. The highest BCUT2D eigenvalue weighted by Crippen LogP contribution is 2.18. The van der Waals surface area contributed by atoms with Crippen molar-refractivity contribution < 1.29 is 9.47 Å². The molecular formula is C20H33NO2. The van der Waals surface area contributed by atoms with E-state index in [1.54, 1.807) is 0 Å². The second kappa shape index (κ2) is 9.29. The van der Waals surface area contributed by atoms with E-state index in [0.717, 1.165) is 38.3 Å². The summed E-state index contributed by atoms with van der Waals surface area (Å²) < 4.78 is 11.6. The van der Waals surface area contributed by atoms with Gasteiger partial charge in [-0.25, -0.2) is 0 Å². The predicted octanol–water partition coefficient (Wildman–Crippen LogP) is 4.30. The lowest BCUT2D eigenvalue weighted by Gasteiger charge is -2.39. The zero-order valence-corrected chi connectivity index (χ0v) is 15.3. The van der Waals surface area contributed by atoms with Crippen LogP contribution in [0.25, 0.3) is 0 Å². The third-order valence-corrected chi connectivity index (χ3v) is 4.61. The van der Waals surface area contributed by atoms with Crippen LogP contribution in [-0.4, -0.2) is 42.8 Å². The number of hydrogen-bond acceptors (Lipinski definition) is 3. The molecule has 1 aromatic rings. The van der Waals surface area contributed by atoms with E-state index < -0.39 is 0 Å². The predicted molar refractivity (Wildman–Crippen MR) is 96.2 cm³/mol. The van der Waals surface area contributed by atoms with Crippen LogP contribution in [0.5, 0.6) is 5.75 Å². The molecule has 0 saturated carbocycles. The molecule has 0 spiro atoms. The fourth-order valence-electron chi connectivity index (χ4n) is 3.22. The van der Waals surface area contributed by atoms with Crippen LogP contribution in [-0.2, 0) is 11.2 Å². The number of rotatable bonds is 8. The van der Waals surface area contributed by atoms with Crippen molar-refractivity contribution in [3.8, 4) is 5.75 Å². The number of unbranched alkanes of at least 4 members (excludes halogenated alkanes) is 1. The maximum Gasteiger partial charge on any atom is 0.119 e. The van der Waals surface area contributed by atoms with Crippen molar-refractivity contribution in [2.75, 3.05) is 19.7 Å². The molecular weight excluding hydrogens is 286 g/mol. The Hall–Kier alpha value is -1.06. The van der Waals surface area contributed by atoms with Gasteiger partial charge >= 0.3 is 0 Å². The molecule has 1 aromatic carbocycles. The minimum Gasteiger partial charge on any atom is -0.494 e. The Balaban J connectivity index is 1.76. The first-order valence-corrected chi connectivity index (χ1v) is 9.19. The van der Waals surface area contributed by atoms with E-state index in [9.17, 15) is 0 Å². The average molecular weight is 319 g/mol. The fourth-order valence-corrected chi connectivity index (χ4v) is 3.22. The van der Waals surface area contributed by atoms with Crippen LogP contribution in [0.3, 0.4) is 0 Å². The van der Waals surface area contributed by atoms with Crippen molar-refractivity contribution in [3.05, 3.63) is 29.8 Å². The largest absolute Gasteiger partial charge is 0.494 e. The lowest BCUT2D eigenvalue weighted by Crippen LogP contribution is -2.49. The summed E-state index contributed by atoms with van der Waals surface area (Å²) in [4.78, 5) is 2.57. The number of ether oxygens (including phenoxy) is 2. The minimum atomic E-state index is 0.348. The number of benzene rings is 1. The van der Waals surface area contributed by atoms with Gasteiger partial charge in [-0.1, -0.05) is 25.5 Å². The van der Waals surface area contributed by atoms with Gasteiger partial charge in [0.1, 0.15) is 5.75 Å². The molecule has 3 nitrogen and oxygen atoms in total. The second-order valence-electron chi connectivity index (χ2n) is 6.94. The molecule has 0 bridgehead atoms. The normalized spacial score (nSPS) is 23.7. The van der Waals surface area contributed by atoms with E-state index in [4.69, 9.17) is 9.47 Å². The number of morpholine rings is 1. The van der Waals surface area contributed by atoms with Gasteiger partial charge in [0.05, 0.1) is 18.8 Å². The summed E-state index contributed by atoms with van der Waals surface area (Å²) in [6.45, 7) is 11.8. The zero-order chi connectivity index (χ0) is 16.7. The Kier molecular flexibility index (Phi) is 7.38. The first-order valence-electron chi connectivity index (χ1n) is 9.19. The quantitative estimate of drug-likeness (QED) is 0.667. The third-order valence-electron chi connectivity index (χ3n) is 4.61. The highest BCUT2D eigenvalue weighted by Gasteiger charge is 2.25. The van der Waals surface area contributed by atoms with Crippen molar-refractivity contribution in [2.24, 2.45) is 0 Å². The van der Waals surface area contributed by atoms with E-state index in [0.29, 0.717) is 18.2 Å². The van der Waals surface area contributed by atoms with Gasteiger partial charge in [-0.3, -0.25) is 4.90 Å². The fraction of sp³-hybridized carbons (Fsp3) is 0.700. The standard InChI is InChI=1S/C20H33NO2/c1-5-6-13-22-20-11-9-19(10-12-20)8-7-16(2)21-14-17(3)23-18(4)15-21/h9-12,16-18H,5-8,13-15H2,1-4H3. The molecule has 0 N–H and O–H groups in total. The number of aryl methyl sites for hydroxylation is 1. The topological polar surface area (TPSA) is 21.7 Å². The minimum absolute atomic E-state index is 0.348. The van der Waals surface area contributed by atoms with Gasteiger partial charge in [0, 0.05) is 19.1 Å². The highest BCUT2D eigenvalue weighted by molar-refractivity contribution is 5.27. The van der Waals surface area contributed by atoms with Gasteiger partial charge in [-0.15, -0.1) is 0 Å². The molecule has 0 amide bonds. The lowest BCUT2D eigenvalue weighted by molar-refractivity contribution is -0.0790. The van der Waals surface area contributed by atoms with Crippen LogP contribution < -0.4 is 4.74 Å². The van der Waals surface area contributed by atoms with E-state index in [2.05, 4.69) is 56.9 Å². The third kappa shape index (κ3) is 6.15. The molecule has 23 heavy (non-hydrogen) atoms. The zero-order valence-electron chi connectivity index (χ0n) is 15.3. The van der Waals surface area contributed by atoms with Crippen LogP contribution in [0.4, 0.5) is 0 Å². The van der Waals surface area contributed by atoms with E-state index in [1.165, 1.54) is 18.4 Å². The van der Waals surface area contributed by atoms with Gasteiger partial charge in [0.15, 0.2) is 0 Å². The molecule has 1 saturated heterocycles. The maximum atomic E-state index is 5.83. The number of nitrogens with zero attached hydrogens (tertiary/aromatic N) is 1. The maximum absolute atomic E-state index is 5.83. The summed E-state index contributed by atoms with van der Waals surface area (Å²) in [6, 6.07) is 9.23. The van der Waals surface area contributed by atoms with Gasteiger partial charge in [0.25, 0.3) is 0 Å². The Labute approximate surface area is 142 Å². The summed E-state index contributed by atoms with van der Waals surface area (Å²) in [6.07, 6.45) is 5.30. The van der Waals surface area contributed by atoms with Crippen molar-refractivity contribution in [1.82, 2.24) is 4.90 Å². The molecule has 130 valence electrons. The van der Waals surface area contributed by atoms with Crippen molar-refractivity contribution >= 4 is 0 Å². The summed E-state index contributed by atoms with van der Waals surface area (Å²) in [5.41, 5.74) is 1.40. The van der Waals surface area contributed by atoms with E-state index >= 15 is 0 Å². The second-order valence-corrected chi connectivity index (χ2v) is 6.94. The van der Waals surface area contributed by atoms with Gasteiger partial charge in [-0.05, 0) is 57.7 Å².